The molecule has 0 amide bonds. The molecular weight excluding hydrogens is 420 g/mol. The number of nitrogens with one attached hydrogen (secondary N) is 1. The number of benzene rings is 1. The van der Waals surface area contributed by atoms with Crippen molar-refractivity contribution in [2.24, 2.45) is 10.9 Å². The van der Waals surface area contributed by atoms with Crippen LogP contribution in [0.1, 0.15) is 24.8 Å². The number of hydrogen-bond donors (Lipinski definition) is 1. The van der Waals surface area contributed by atoms with Gasteiger partial charge in [-0.25, -0.2) is 4.39 Å². The Morgan fingerprint density at radius 3 is 2.88 bits per heavy atom. The molecule has 1 aliphatic heterocycles. The molecule has 0 radical (unpaired) electrons. The van der Waals surface area contributed by atoms with E-state index in [9.17, 15) is 4.39 Å². The van der Waals surface area contributed by atoms with Gasteiger partial charge in [0.1, 0.15) is 5.82 Å². The van der Waals surface area contributed by atoms with Gasteiger partial charge in [-0.15, -0.1) is 24.0 Å². The summed E-state index contributed by atoms with van der Waals surface area (Å²) in [6, 6.07) is 7.01. The van der Waals surface area contributed by atoms with Gasteiger partial charge in [0, 0.05) is 45.1 Å². The van der Waals surface area contributed by atoms with Crippen LogP contribution in [0.4, 0.5) is 4.39 Å². The Morgan fingerprint density at radius 1 is 1.46 bits per heavy atom. The van der Waals surface area contributed by atoms with E-state index in [-0.39, 0.29) is 35.2 Å². The topological polar surface area (TPSA) is 36.9 Å². The summed E-state index contributed by atoms with van der Waals surface area (Å²) < 4.78 is 18.7. The van der Waals surface area contributed by atoms with Gasteiger partial charge in [-0.1, -0.05) is 12.1 Å². The number of methoxy groups -OCH3 is 1. The Morgan fingerprint density at radius 2 is 2.25 bits per heavy atom. The zero-order valence-electron chi connectivity index (χ0n) is 14.4. The van der Waals surface area contributed by atoms with Gasteiger partial charge >= 0.3 is 0 Å². The summed E-state index contributed by atoms with van der Waals surface area (Å²) in [6.07, 6.45) is 3.35. The summed E-state index contributed by atoms with van der Waals surface area (Å²) in [5.41, 5.74) is 1.17. The fourth-order valence-electron chi connectivity index (χ4n) is 3.51. The number of hydrogen-bond acceptors (Lipinski definition) is 2. The van der Waals surface area contributed by atoms with Crippen molar-refractivity contribution in [2.75, 3.05) is 40.4 Å². The summed E-state index contributed by atoms with van der Waals surface area (Å²) in [7, 11) is 3.58. The van der Waals surface area contributed by atoms with Gasteiger partial charge in [0.05, 0.1) is 6.61 Å². The highest BCUT2D eigenvalue weighted by molar-refractivity contribution is 14.0. The highest BCUT2D eigenvalue weighted by Gasteiger charge is 2.44. The maximum atomic E-state index is 13.5. The molecule has 1 atom stereocenters. The Labute approximate surface area is 160 Å². The molecule has 1 saturated heterocycles. The van der Waals surface area contributed by atoms with Crippen LogP contribution in [0.25, 0.3) is 0 Å². The SMILES string of the molecule is CN=C(NCC1(c2cccc(F)c2)CC1)N1CCC(COC)C1.I. The van der Waals surface area contributed by atoms with Crippen molar-refractivity contribution in [3.05, 3.63) is 35.6 Å². The summed E-state index contributed by atoms with van der Waals surface area (Å²) >= 11 is 0. The first kappa shape index (κ1) is 19.4. The molecule has 134 valence electrons. The van der Waals surface area contributed by atoms with Crippen LogP contribution in [0.3, 0.4) is 0 Å². The number of guanidine groups is 1. The Bertz CT molecular complexity index is 577. The van der Waals surface area contributed by atoms with Gasteiger partial charge in [0.25, 0.3) is 0 Å². The smallest absolute Gasteiger partial charge is 0.193 e. The molecule has 4 nitrogen and oxygen atoms in total. The quantitative estimate of drug-likeness (QED) is 0.429. The zero-order valence-corrected chi connectivity index (χ0v) is 16.8. The minimum Gasteiger partial charge on any atom is -0.384 e. The lowest BCUT2D eigenvalue weighted by molar-refractivity contribution is 0.157. The Hall–Kier alpha value is -0.890. The van der Waals surface area contributed by atoms with Crippen LogP contribution in [0.2, 0.25) is 0 Å². The number of nitrogens with zero attached hydrogens (tertiary/aromatic N) is 2. The molecule has 0 bridgehead atoms. The molecule has 1 heterocycles. The number of halogens is 2. The van der Waals surface area contributed by atoms with Crippen molar-refractivity contribution in [1.82, 2.24) is 10.2 Å². The third kappa shape index (κ3) is 4.39. The van der Waals surface area contributed by atoms with Gasteiger partial charge < -0.3 is 15.0 Å². The van der Waals surface area contributed by atoms with Crippen molar-refractivity contribution in [1.29, 1.82) is 0 Å². The van der Waals surface area contributed by atoms with E-state index >= 15 is 0 Å². The lowest BCUT2D eigenvalue weighted by Gasteiger charge is -2.24. The third-order valence-electron chi connectivity index (χ3n) is 5.07. The standard InChI is InChI=1S/C18H26FN3O.HI/c1-20-17(22-9-6-14(11-22)12-23-2)21-13-18(7-8-18)15-4-3-5-16(19)10-15;/h3-5,10,14H,6-9,11-13H2,1-2H3,(H,20,21);1H. The molecular formula is C18H27FIN3O. The van der Waals surface area contributed by atoms with Crippen LogP contribution in [-0.2, 0) is 10.2 Å². The van der Waals surface area contributed by atoms with Gasteiger partial charge in [-0.2, -0.15) is 0 Å². The molecule has 1 unspecified atom stereocenters. The molecule has 6 heteroatoms. The summed E-state index contributed by atoms with van der Waals surface area (Å²) in [5.74, 6) is 1.38. The molecule has 24 heavy (non-hydrogen) atoms. The minimum absolute atomic E-state index is 0. The van der Waals surface area contributed by atoms with Gasteiger partial charge in [-0.3, -0.25) is 4.99 Å². The maximum Gasteiger partial charge on any atom is 0.193 e. The highest BCUT2D eigenvalue weighted by Crippen LogP contribution is 2.47. The van der Waals surface area contributed by atoms with Gasteiger partial charge in [-0.05, 0) is 37.0 Å². The van der Waals surface area contributed by atoms with E-state index in [4.69, 9.17) is 4.74 Å². The Kier molecular flexibility index (Phi) is 6.86. The lowest BCUT2D eigenvalue weighted by atomic mass is 9.96. The average molecular weight is 447 g/mol. The number of aliphatic imine (C=N–C) groups is 1. The first-order chi connectivity index (χ1) is 11.2. The molecule has 2 fully saturated rings. The Balaban J connectivity index is 0.00000208. The van der Waals surface area contributed by atoms with Crippen LogP contribution >= 0.6 is 24.0 Å². The van der Waals surface area contributed by atoms with Crippen LogP contribution in [0, 0.1) is 11.7 Å². The minimum atomic E-state index is -0.153. The fraction of sp³-hybridized carbons (Fsp3) is 0.611. The largest absolute Gasteiger partial charge is 0.384 e. The second kappa shape index (κ2) is 8.47. The van der Waals surface area contributed by atoms with Crippen molar-refractivity contribution < 1.29 is 9.13 Å². The first-order valence-electron chi connectivity index (χ1n) is 8.37. The van der Waals surface area contributed by atoms with Crippen LogP contribution in [0.15, 0.2) is 29.3 Å². The van der Waals surface area contributed by atoms with Crippen LogP contribution < -0.4 is 5.32 Å². The second-order valence-electron chi connectivity index (χ2n) is 6.75. The van der Waals surface area contributed by atoms with Crippen molar-refractivity contribution in [3.8, 4) is 0 Å². The van der Waals surface area contributed by atoms with Crippen LogP contribution in [0.5, 0.6) is 0 Å². The molecule has 1 aromatic rings. The highest BCUT2D eigenvalue weighted by atomic mass is 127. The molecule has 1 aromatic carbocycles. The van der Waals surface area contributed by atoms with Crippen molar-refractivity contribution in [2.45, 2.75) is 24.7 Å². The molecule has 0 aromatic heterocycles. The molecule has 1 N–H and O–H groups in total. The third-order valence-corrected chi connectivity index (χ3v) is 5.07. The molecule has 0 spiro atoms. The summed E-state index contributed by atoms with van der Waals surface area (Å²) in [5, 5.41) is 3.51. The molecule has 3 rings (SSSR count). The fourth-order valence-corrected chi connectivity index (χ4v) is 3.51. The van der Waals surface area contributed by atoms with Crippen molar-refractivity contribution >= 4 is 29.9 Å². The van der Waals surface area contributed by atoms with E-state index < -0.39 is 0 Å². The number of rotatable bonds is 5. The lowest BCUT2D eigenvalue weighted by Crippen LogP contribution is -2.43. The molecule has 1 aliphatic carbocycles. The van der Waals surface area contributed by atoms with E-state index in [0.717, 1.165) is 57.0 Å². The molecule has 1 saturated carbocycles. The predicted octanol–water partition coefficient (Wildman–Crippen LogP) is 3.02. The van der Waals surface area contributed by atoms with Gasteiger partial charge in [0.2, 0.25) is 0 Å². The monoisotopic (exact) mass is 447 g/mol. The number of ether oxygens (including phenoxy) is 1. The first-order valence-corrected chi connectivity index (χ1v) is 8.37. The summed E-state index contributed by atoms with van der Waals surface area (Å²) in [6.45, 7) is 3.62. The van der Waals surface area contributed by atoms with Crippen LogP contribution in [-0.4, -0.2) is 51.3 Å². The normalized spacial score (nSPS) is 22.2. The predicted molar refractivity (Wildman–Crippen MR) is 106 cm³/mol. The molecule has 2 aliphatic rings. The van der Waals surface area contributed by atoms with E-state index in [1.807, 2.05) is 13.1 Å². The maximum absolute atomic E-state index is 13.5. The van der Waals surface area contributed by atoms with Gasteiger partial charge in [0.15, 0.2) is 5.96 Å². The second-order valence-corrected chi connectivity index (χ2v) is 6.75. The zero-order chi connectivity index (χ0) is 16.3. The van der Waals surface area contributed by atoms with E-state index in [0.29, 0.717) is 5.92 Å². The summed E-state index contributed by atoms with van der Waals surface area (Å²) in [4.78, 5) is 6.72. The van der Waals surface area contributed by atoms with E-state index in [2.05, 4.69) is 15.2 Å². The van der Waals surface area contributed by atoms with E-state index in [1.165, 1.54) is 6.07 Å². The van der Waals surface area contributed by atoms with Crippen molar-refractivity contribution in [3.63, 3.8) is 0 Å². The number of likely N-dealkylation sites (tertiary alicyclic amines) is 1. The average Bonchev–Trinajstić information content (AvgIpc) is 3.21. The van der Waals surface area contributed by atoms with E-state index in [1.54, 1.807) is 19.2 Å².